The van der Waals surface area contributed by atoms with E-state index in [1.54, 1.807) is 0 Å². The highest BCUT2D eigenvalue weighted by Crippen LogP contribution is 2.35. The molecule has 3 saturated heterocycles. The Hall–Kier alpha value is -1.73. The Bertz CT molecular complexity index is 588. The van der Waals surface area contributed by atoms with Crippen LogP contribution in [0, 0.1) is 12.8 Å². The first kappa shape index (κ1) is 15.8. The minimum absolute atomic E-state index is 0.00854. The minimum atomic E-state index is -0.359. The summed E-state index contributed by atoms with van der Waals surface area (Å²) >= 11 is 0. The summed E-state index contributed by atoms with van der Waals surface area (Å²) in [6, 6.07) is 3.98. The molecular weight excluding hydrogens is 308 g/mol. The van der Waals surface area contributed by atoms with Crippen molar-refractivity contribution in [3.63, 3.8) is 0 Å². The molecule has 0 bridgehead atoms. The molecule has 3 aliphatic heterocycles. The van der Waals surface area contributed by atoms with Gasteiger partial charge < -0.3 is 9.64 Å². The molecule has 7 heteroatoms. The van der Waals surface area contributed by atoms with Crippen LogP contribution in [-0.2, 0) is 14.4 Å². The summed E-state index contributed by atoms with van der Waals surface area (Å²) in [4.78, 5) is 20.3. The number of nitrogens with zero attached hydrogens (tertiary/aromatic N) is 4. The van der Waals surface area contributed by atoms with Crippen LogP contribution < -0.4 is 4.90 Å². The first-order valence-corrected chi connectivity index (χ1v) is 8.86. The quantitative estimate of drug-likeness (QED) is 0.814. The van der Waals surface area contributed by atoms with Gasteiger partial charge in [0.25, 0.3) is 5.91 Å². The third-order valence-corrected chi connectivity index (χ3v) is 5.18. The summed E-state index contributed by atoms with van der Waals surface area (Å²) in [6.45, 7) is 4.95. The second-order valence-electron chi connectivity index (χ2n) is 6.91. The lowest BCUT2D eigenvalue weighted by Crippen LogP contribution is -2.44. The van der Waals surface area contributed by atoms with Crippen LogP contribution in [0.2, 0.25) is 0 Å². The average Bonchev–Trinajstić information content (AvgIpc) is 3.05. The zero-order chi connectivity index (χ0) is 16.5. The number of carbonyl (C=O) groups excluding carboxylic acids is 1. The fourth-order valence-corrected chi connectivity index (χ4v) is 3.79. The van der Waals surface area contributed by atoms with Crippen LogP contribution in [0.1, 0.15) is 31.4 Å². The van der Waals surface area contributed by atoms with Gasteiger partial charge in [0.1, 0.15) is 6.10 Å². The second kappa shape index (κ2) is 6.64. The number of rotatable bonds is 2. The molecular formula is C17H24N4O3. The van der Waals surface area contributed by atoms with E-state index in [9.17, 15) is 4.79 Å². The lowest BCUT2D eigenvalue weighted by molar-refractivity contribution is -0.206. The first-order valence-electron chi connectivity index (χ1n) is 8.86. The molecule has 0 radical (unpaired) electrons. The van der Waals surface area contributed by atoms with Gasteiger partial charge in [-0.1, -0.05) is 0 Å². The summed E-state index contributed by atoms with van der Waals surface area (Å²) < 4.78 is 6.09. The summed E-state index contributed by atoms with van der Waals surface area (Å²) in [5.74, 6) is 1.32. The van der Waals surface area contributed by atoms with Gasteiger partial charge in [-0.3, -0.25) is 9.63 Å². The SMILES string of the molecule is Cc1ccc(N2CC[C@H]3C[C@@H](C(=O)N4CCCCO4)O[C@@H]3C2)nn1. The van der Waals surface area contributed by atoms with E-state index in [4.69, 9.17) is 9.57 Å². The Morgan fingerprint density at radius 1 is 1.25 bits per heavy atom. The molecule has 1 aromatic heterocycles. The van der Waals surface area contributed by atoms with E-state index in [0.717, 1.165) is 50.3 Å². The molecule has 3 atom stereocenters. The number of aryl methyl sites for hydroxylation is 1. The third kappa shape index (κ3) is 3.10. The van der Waals surface area contributed by atoms with Gasteiger partial charge in [-0.05, 0) is 50.7 Å². The van der Waals surface area contributed by atoms with Gasteiger partial charge in [0.05, 0.1) is 18.4 Å². The van der Waals surface area contributed by atoms with Crippen molar-refractivity contribution >= 4 is 11.7 Å². The maximum Gasteiger partial charge on any atom is 0.275 e. The largest absolute Gasteiger partial charge is 0.363 e. The van der Waals surface area contributed by atoms with Gasteiger partial charge in [0, 0.05) is 19.6 Å². The number of fused-ring (bicyclic) bond motifs is 1. The molecule has 3 fully saturated rings. The smallest absolute Gasteiger partial charge is 0.275 e. The fraction of sp³-hybridized carbons (Fsp3) is 0.706. The van der Waals surface area contributed by atoms with Gasteiger partial charge in [-0.2, -0.15) is 5.10 Å². The van der Waals surface area contributed by atoms with Gasteiger partial charge >= 0.3 is 0 Å². The molecule has 4 heterocycles. The van der Waals surface area contributed by atoms with Gasteiger partial charge in [0.15, 0.2) is 5.82 Å². The van der Waals surface area contributed by atoms with Gasteiger partial charge in [-0.25, -0.2) is 5.06 Å². The lowest BCUT2D eigenvalue weighted by atomic mass is 9.91. The van der Waals surface area contributed by atoms with Crippen LogP contribution in [-0.4, -0.2) is 59.6 Å². The van der Waals surface area contributed by atoms with E-state index in [1.165, 1.54) is 5.06 Å². The van der Waals surface area contributed by atoms with Crippen LogP contribution in [0.3, 0.4) is 0 Å². The minimum Gasteiger partial charge on any atom is -0.363 e. The lowest BCUT2D eigenvalue weighted by Gasteiger charge is -2.34. The maximum absolute atomic E-state index is 12.6. The van der Waals surface area contributed by atoms with Crippen molar-refractivity contribution in [1.82, 2.24) is 15.3 Å². The summed E-state index contributed by atoms with van der Waals surface area (Å²) in [6.07, 6.45) is 3.57. The molecule has 0 N–H and O–H groups in total. The Morgan fingerprint density at radius 3 is 2.92 bits per heavy atom. The molecule has 3 aliphatic rings. The predicted octanol–water partition coefficient (Wildman–Crippen LogP) is 1.32. The normalized spacial score (nSPS) is 30.3. The second-order valence-corrected chi connectivity index (χ2v) is 6.91. The zero-order valence-corrected chi connectivity index (χ0v) is 14.1. The van der Waals surface area contributed by atoms with Crippen molar-refractivity contribution in [2.24, 2.45) is 5.92 Å². The number of ether oxygens (including phenoxy) is 1. The molecule has 1 amide bonds. The standard InChI is InChI=1S/C17H24N4O3/c1-12-4-5-16(19-18-12)20-8-6-13-10-14(24-15(13)11-20)17(22)21-7-2-3-9-23-21/h4-5,13-15H,2-3,6-11H2,1H3/t13-,14-,15+/m0/s1. The number of aromatic nitrogens is 2. The van der Waals surface area contributed by atoms with Crippen LogP contribution in [0.25, 0.3) is 0 Å². The van der Waals surface area contributed by atoms with Crippen LogP contribution in [0.5, 0.6) is 0 Å². The molecule has 0 saturated carbocycles. The summed E-state index contributed by atoms with van der Waals surface area (Å²) in [7, 11) is 0. The predicted molar refractivity (Wildman–Crippen MR) is 87.3 cm³/mol. The topological polar surface area (TPSA) is 67.8 Å². The summed E-state index contributed by atoms with van der Waals surface area (Å²) in [5, 5.41) is 9.91. The van der Waals surface area contributed by atoms with Crippen molar-refractivity contribution in [3.05, 3.63) is 17.8 Å². The molecule has 24 heavy (non-hydrogen) atoms. The van der Waals surface area contributed by atoms with E-state index in [0.29, 0.717) is 19.1 Å². The van der Waals surface area contributed by atoms with E-state index in [1.807, 2.05) is 19.1 Å². The molecule has 0 unspecified atom stereocenters. The summed E-state index contributed by atoms with van der Waals surface area (Å²) in [5.41, 5.74) is 0.915. The van der Waals surface area contributed by atoms with Crippen molar-refractivity contribution in [3.8, 4) is 0 Å². The zero-order valence-electron chi connectivity index (χ0n) is 14.1. The van der Waals surface area contributed by atoms with Crippen LogP contribution in [0.4, 0.5) is 5.82 Å². The van der Waals surface area contributed by atoms with Crippen LogP contribution >= 0.6 is 0 Å². The Morgan fingerprint density at radius 2 is 2.17 bits per heavy atom. The highest BCUT2D eigenvalue weighted by Gasteiger charge is 2.43. The van der Waals surface area contributed by atoms with E-state index < -0.39 is 0 Å². The fourth-order valence-electron chi connectivity index (χ4n) is 3.79. The van der Waals surface area contributed by atoms with Gasteiger partial charge in [-0.15, -0.1) is 5.10 Å². The number of anilines is 1. The molecule has 0 aliphatic carbocycles. The molecule has 1 aromatic rings. The van der Waals surface area contributed by atoms with Crippen molar-refractivity contribution in [1.29, 1.82) is 0 Å². The molecule has 0 spiro atoms. The van der Waals surface area contributed by atoms with Crippen molar-refractivity contribution < 1.29 is 14.4 Å². The Labute approximate surface area is 141 Å². The molecule has 0 aromatic carbocycles. The number of hydrogen-bond donors (Lipinski definition) is 0. The number of hydrogen-bond acceptors (Lipinski definition) is 6. The van der Waals surface area contributed by atoms with Crippen molar-refractivity contribution in [2.75, 3.05) is 31.1 Å². The van der Waals surface area contributed by atoms with Crippen molar-refractivity contribution in [2.45, 2.75) is 44.8 Å². The molecule has 130 valence electrons. The average molecular weight is 332 g/mol. The Kier molecular flexibility index (Phi) is 4.37. The third-order valence-electron chi connectivity index (χ3n) is 5.18. The number of amides is 1. The van der Waals surface area contributed by atoms with E-state index in [-0.39, 0.29) is 18.1 Å². The van der Waals surface area contributed by atoms with Gasteiger partial charge in [0.2, 0.25) is 0 Å². The maximum atomic E-state index is 12.6. The first-order chi connectivity index (χ1) is 11.7. The number of piperidine rings is 1. The van der Waals surface area contributed by atoms with E-state index >= 15 is 0 Å². The highest BCUT2D eigenvalue weighted by molar-refractivity contribution is 5.80. The molecule has 4 rings (SSSR count). The van der Waals surface area contributed by atoms with Crippen LogP contribution in [0.15, 0.2) is 12.1 Å². The molecule has 7 nitrogen and oxygen atoms in total. The number of hydroxylamine groups is 2. The monoisotopic (exact) mass is 332 g/mol. The highest BCUT2D eigenvalue weighted by atomic mass is 16.7. The Balaban J connectivity index is 1.38. The number of carbonyl (C=O) groups is 1. The van der Waals surface area contributed by atoms with E-state index in [2.05, 4.69) is 15.1 Å².